The number of carbonyl (C=O) groups excluding carboxylic acids is 1. The van der Waals surface area contributed by atoms with Gasteiger partial charge in [-0.25, -0.2) is 0 Å². The first-order valence-electron chi connectivity index (χ1n) is 9.01. The number of benzene rings is 2. The fourth-order valence-corrected chi connectivity index (χ4v) is 2.86. The van der Waals surface area contributed by atoms with E-state index in [9.17, 15) is 14.7 Å². The van der Waals surface area contributed by atoms with Crippen LogP contribution in [-0.4, -0.2) is 31.2 Å². The van der Waals surface area contributed by atoms with Gasteiger partial charge >= 0.3 is 5.97 Å². The minimum absolute atomic E-state index is 0.0134. The Balaban J connectivity index is 2.27. The minimum Gasteiger partial charge on any atom is -0.493 e. The molecule has 0 bridgehead atoms. The molecule has 0 aliphatic rings. The van der Waals surface area contributed by atoms with Crippen molar-refractivity contribution in [2.24, 2.45) is 0 Å². The smallest absolute Gasteiger partial charge is 0.305 e. The standard InChI is InChI=1S/C22H27NO5/c1-22(2,3)16-9-6-14(7-10-16)21(26)23-17(13-20(24)25)15-8-11-18(27-4)19(12-15)28-5/h6-12,17H,13H2,1-5H3,(H,23,26)(H,24,25)/t17-/m1/s1. The van der Waals surface area contributed by atoms with Crippen LogP contribution in [0.15, 0.2) is 42.5 Å². The fourth-order valence-electron chi connectivity index (χ4n) is 2.86. The van der Waals surface area contributed by atoms with E-state index < -0.39 is 12.0 Å². The number of carboxylic acid groups (broad SMARTS) is 1. The van der Waals surface area contributed by atoms with E-state index in [0.29, 0.717) is 22.6 Å². The molecule has 0 aliphatic carbocycles. The average Bonchev–Trinajstić information content (AvgIpc) is 2.65. The lowest BCUT2D eigenvalue weighted by Gasteiger charge is -2.21. The van der Waals surface area contributed by atoms with Gasteiger partial charge in [-0.1, -0.05) is 39.0 Å². The lowest BCUT2D eigenvalue weighted by Crippen LogP contribution is -2.30. The molecule has 2 N–H and O–H groups in total. The Labute approximate surface area is 165 Å². The van der Waals surface area contributed by atoms with E-state index in [1.54, 1.807) is 30.3 Å². The number of nitrogens with one attached hydrogen (secondary N) is 1. The molecule has 2 aromatic rings. The van der Waals surface area contributed by atoms with Crippen molar-refractivity contribution >= 4 is 11.9 Å². The highest BCUT2D eigenvalue weighted by atomic mass is 16.5. The second kappa shape index (κ2) is 8.78. The summed E-state index contributed by atoms with van der Waals surface area (Å²) in [6.07, 6.45) is -0.249. The van der Waals surface area contributed by atoms with Crippen LogP contribution in [0.25, 0.3) is 0 Å². The van der Waals surface area contributed by atoms with E-state index in [1.807, 2.05) is 12.1 Å². The fraction of sp³-hybridized carbons (Fsp3) is 0.364. The van der Waals surface area contributed by atoms with Gasteiger partial charge in [0.2, 0.25) is 0 Å². The monoisotopic (exact) mass is 385 g/mol. The third-order valence-electron chi connectivity index (χ3n) is 4.51. The molecule has 28 heavy (non-hydrogen) atoms. The highest BCUT2D eigenvalue weighted by Gasteiger charge is 2.21. The molecular formula is C22H27NO5. The van der Waals surface area contributed by atoms with Crippen LogP contribution in [0.4, 0.5) is 0 Å². The van der Waals surface area contributed by atoms with Gasteiger partial charge in [0.15, 0.2) is 11.5 Å². The molecule has 0 spiro atoms. The Morgan fingerprint density at radius 2 is 1.61 bits per heavy atom. The molecule has 0 heterocycles. The molecule has 0 aliphatic heterocycles. The predicted molar refractivity (Wildman–Crippen MR) is 107 cm³/mol. The number of hydrogen-bond acceptors (Lipinski definition) is 4. The second-order valence-electron chi connectivity index (χ2n) is 7.57. The lowest BCUT2D eigenvalue weighted by atomic mass is 9.86. The summed E-state index contributed by atoms with van der Waals surface area (Å²) >= 11 is 0. The summed E-state index contributed by atoms with van der Waals surface area (Å²) in [4.78, 5) is 24.0. The topological polar surface area (TPSA) is 84.9 Å². The lowest BCUT2D eigenvalue weighted by molar-refractivity contribution is -0.137. The van der Waals surface area contributed by atoms with Crippen LogP contribution in [0.2, 0.25) is 0 Å². The van der Waals surface area contributed by atoms with E-state index >= 15 is 0 Å². The first-order chi connectivity index (χ1) is 13.2. The van der Waals surface area contributed by atoms with Gasteiger partial charge in [-0.3, -0.25) is 9.59 Å². The predicted octanol–water partition coefficient (Wildman–Crippen LogP) is 3.95. The largest absolute Gasteiger partial charge is 0.493 e. The van der Waals surface area contributed by atoms with Crippen molar-refractivity contribution in [2.45, 2.75) is 38.6 Å². The summed E-state index contributed by atoms with van der Waals surface area (Å²) in [5.41, 5.74) is 2.20. The molecule has 1 amide bonds. The van der Waals surface area contributed by atoms with E-state index in [-0.39, 0.29) is 17.7 Å². The van der Waals surface area contributed by atoms with E-state index in [1.165, 1.54) is 14.2 Å². The number of rotatable bonds is 7. The van der Waals surface area contributed by atoms with Gasteiger partial charge in [0, 0.05) is 5.56 Å². The van der Waals surface area contributed by atoms with Crippen molar-refractivity contribution in [2.75, 3.05) is 14.2 Å². The Kier molecular flexibility index (Phi) is 6.67. The van der Waals surface area contributed by atoms with Crippen LogP contribution in [0.1, 0.15) is 54.7 Å². The van der Waals surface area contributed by atoms with Crippen molar-refractivity contribution in [3.8, 4) is 11.5 Å². The molecule has 150 valence electrons. The molecule has 1 atom stereocenters. The van der Waals surface area contributed by atoms with Crippen LogP contribution in [0, 0.1) is 0 Å². The molecular weight excluding hydrogens is 358 g/mol. The zero-order valence-corrected chi connectivity index (χ0v) is 16.9. The summed E-state index contributed by atoms with van der Waals surface area (Å²) in [5, 5.41) is 12.1. The average molecular weight is 385 g/mol. The SMILES string of the molecule is COc1ccc([C@@H](CC(=O)O)NC(=O)c2ccc(C(C)(C)C)cc2)cc1OC. The zero-order valence-electron chi connectivity index (χ0n) is 16.9. The molecule has 0 saturated heterocycles. The number of ether oxygens (including phenoxy) is 2. The molecule has 0 fully saturated rings. The van der Waals surface area contributed by atoms with Crippen LogP contribution in [0.3, 0.4) is 0 Å². The van der Waals surface area contributed by atoms with Gasteiger partial charge in [-0.15, -0.1) is 0 Å². The first kappa shape index (κ1) is 21.3. The van der Waals surface area contributed by atoms with Crippen LogP contribution < -0.4 is 14.8 Å². The van der Waals surface area contributed by atoms with E-state index in [4.69, 9.17) is 9.47 Å². The summed E-state index contributed by atoms with van der Waals surface area (Å²) in [5.74, 6) is -0.340. The van der Waals surface area contributed by atoms with Crippen molar-refractivity contribution in [1.29, 1.82) is 0 Å². The molecule has 0 unspecified atom stereocenters. The number of methoxy groups -OCH3 is 2. The zero-order chi connectivity index (χ0) is 20.9. The Hall–Kier alpha value is -3.02. The van der Waals surface area contributed by atoms with Crippen molar-refractivity contribution in [3.63, 3.8) is 0 Å². The highest BCUT2D eigenvalue weighted by Crippen LogP contribution is 2.31. The second-order valence-corrected chi connectivity index (χ2v) is 7.57. The molecule has 0 saturated carbocycles. The minimum atomic E-state index is -1.01. The summed E-state index contributed by atoms with van der Waals surface area (Å²) < 4.78 is 10.5. The van der Waals surface area contributed by atoms with E-state index in [2.05, 4.69) is 26.1 Å². The molecule has 0 radical (unpaired) electrons. The Morgan fingerprint density at radius 1 is 1.00 bits per heavy atom. The maximum Gasteiger partial charge on any atom is 0.305 e. The van der Waals surface area contributed by atoms with Crippen LogP contribution in [-0.2, 0) is 10.2 Å². The highest BCUT2D eigenvalue weighted by molar-refractivity contribution is 5.94. The molecule has 6 nitrogen and oxygen atoms in total. The number of hydrogen-bond donors (Lipinski definition) is 2. The van der Waals surface area contributed by atoms with Gasteiger partial charge in [-0.05, 0) is 40.8 Å². The van der Waals surface area contributed by atoms with Gasteiger partial charge in [-0.2, -0.15) is 0 Å². The number of amides is 1. The van der Waals surface area contributed by atoms with Gasteiger partial charge in [0.1, 0.15) is 0 Å². The Morgan fingerprint density at radius 3 is 2.11 bits per heavy atom. The Bertz CT molecular complexity index is 837. The number of carbonyl (C=O) groups is 2. The summed E-state index contributed by atoms with van der Waals surface area (Å²) in [6, 6.07) is 11.7. The van der Waals surface area contributed by atoms with Gasteiger partial charge < -0.3 is 19.9 Å². The maximum atomic E-state index is 12.7. The summed E-state index contributed by atoms with van der Waals surface area (Å²) in [7, 11) is 3.03. The quantitative estimate of drug-likeness (QED) is 0.754. The molecule has 2 aromatic carbocycles. The first-order valence-corrected chi connectivity index (χ1v) is 9.01. The third kappa shape index (κ3) is 5.25. The van der Waals surface area contributed by atoms with Crippen LogP contribution in [0.5, 0.6) is 11.5 Å². The number of aliphatic carboxylic acids is 1. The van der Waals surface area contributed by atoms with Gasteiger partial charge in [0.25, 0.3) is 5.91 Å². The maximum absolute atomic E-state index is 12.7. The molecule has 2 rings (SSSR count). The van der Waals surface area contributed by atoms with Crippen molar-refractivity contribution < 1.29 is 24.2 Å². The molecule has 6 heteroatoms. The van der Waals surface area contributed by atoms with Crippen LogP contribution >= 0.6 is 0 Å². The van der Waals surface area contributed by atoms with E-state index in [0.717, 1.165) is 5.56 Å². The molecule has 0 aromatic heterocycles. The van der Waals surface area contributed by atoms with Crippen molar-refractivity contribution in [1.82, 2.24) is 5.32 Å². The number of carboxylic acids is 1. The third-order valence-corrected chi connectivity index (χ3v) is 4.51. The van der Waals surface area contributed by atoms with Gasteiger partial charge in [0.05, 0.1) is 26.7 Å². The normalized spacial score (nSPS) is 12.2. The summed E-state index contributed by atoms with van der Waals surface area (Å²) in [6.45, 7) is 6.30. The van der Waals surface area contributed by atoms with Crippen molar-refractivity contribution in [3.05, 3.63) is 59.2 Å².